The van der Waals surface area contributed by atoms with Crippen LogP contribution in [0.2, 0.25) is 0 Å². The van der Waals surface area contributed by atoms with Crippen LogP contribution in [0.5, 0.6) is 0 Å². The number of ketones is 1. The zero-order valence-corrected chi connectivity index (χ0v) is 15.6. The van der Waals surface area contributed by atoms with E-state index in [9.17, 15) is 9.59 Å². The van der Waals surface area contributed by atoms with Crippen LogP contribution in [0.25, 0.3) is 10.1 Å². The molecule has 0 aliphatic carbocycles. The molecule has 4 nitrogen and oxygen atoms in total. The smallest absolute Gasteiger partial charge is 0.240 e. The molecule has 2 aromatic carbocycles. The summed E-state index contributed by atoms with van der Waals surface area (Å²) >= 11 is 1.64. The molecule has 3 aromatic rings. The molecule has 0 saturated heterocycles. The average Bonchev–Trinajstić information content (AvgIpc) is 3.05. The van der Waals surface area contributed by atoms with Gasteiger partial charge in [0.25, 0.3) is 0 Å². The van der Waals surface area contributed by atoms with E-state index in [1.54, 1.807) is 17.6 Å². The van der Waals surface area contributed by atoms with Crippen LogP contribution >= 0.6 is 11.3 Å². The van der Waals surface area contributed by atoms with Gasteiger partial charge in [0, 0.05) is 39.4 Å². The van der Waals surface area contributed by atoms with E-state index in [4.69, 9.17) is 0 Å². The molecule has 3 rings (SSSR count). The standard InChI is InChI=1S/C21H20N2O2S/c1-14-7-8-16(11-15(14)2)19(24)9-10-21(25)23-22-12-17-13-26-20-6-4-3-5-18(17)20/h3-8,11-13H,9-10H2,1-2H3,(H,23,25)/b22-12+. The highest BCUT2D eigenvalue weighted by Gasteiger charge is 2.10. The number of rotatable bonds is 6. The van der Waals surface area contributed by atoms with Gasteiger partial charge in [-0.1, -0.05) is 30.3 Å². The number of hydrogen-bond acceptors (Lipinski definition) is 4. The van der Waals surface area contributed by atoms with E-state index in [0.717, 1.165) is 22.1 Å². The van der Waals surface area contributed by atoms with Crippen molar-refractivity contribution >= 4 is 39.3 Å². The maximum atomic E-state index is 12.2. The molecule has 0 bridgehead atoms. The SMILES string of the molecule is Cc1ccc(C(=O)CCC(=O)N/N=C/c2csc3ccccc23)cc1C. The van der Waals surface area contributed by atoms with E-state index in [0.29, 0.717) is 5.56 Å². The topological polar surface area (TPSA) is 58.5 Å². The van der Waals surface area contributed by atoms with Crippen molar-refractivity contribution in [1.29, 1.82) is 0 Å². The number of thiophene rings is 1. The van der Waals surface area contributed by atoms with E-state index < -0.39 is 0 Å². The molecule has 132 valence electrons. The lowest BCUT2D eigenvalue weighted by Gasteiger charge is -2.04. The van der Waals surface area contributed by atoms with Crippen molar-refractivity contribution in [1.82, 2.24) is 5.43 Å². The average molecular weight is 364 g/mol. The lowest BCUT2D eigenvalue weighted by molar-refractivity contribution is -0.121. The Labute approximate surface area is 156 Å². The minimum Gasteiger partial charge on any atom is -0.294 e. The summed E-state index contributed by atoms with van der Waals surface area (Å²) in [6, 6.07) is 13.7. The maximum absolute atomic E-state index is 12.2. The molecular formula is C21H20N2O2S. The van der Waals surface area contributed by atoms with Crippen molar-refractivity contribution in [3.63, 3.8) is 0 Å². The van der Waals surface area contributed by atoms with Crippen LogP contribution in [-0.4, -0.2) is 17.9 Å². The Morgan fingerprint density at radius 3 is 2.69 bits per heavy atom. The lowest BCUT2D eigenvalue weighted by Crippen LogP contribution is -2.18. The number of nitrogens with one attached hydrogen (secondary N) is 1. The molecule has 0 aliphatic rings. The first-order valence-electron chi connectivity index (χ1n) is 8.43. The van der Waals surface area contributed by atoms with Gasteiger partial charge in [-0.2, -0.15) is 5.10 Å². The van der Waals surface area contributed by atoms with Gasteiger partial charge < -0.3 is 0 Å². The number of hydrogen-bond donors (Lipinski definition) is 1. The predicted molar refractivity (Wildman–Crippen MR) is 107 cm³/mol. The number of hydrazone groups is 1. The molecule has 0 unspecified atom stereocenters. The first kappa shape index (κ1) is 18.0. The molecule has 1 heterocycles. The van der Waals surface area contributed by atoms with Crippen LogP contribution < -0.4 is 5.43 Å². The first-order chi connectivity index (χ1) is 12.5. The van der Waals surface area contributed by atoms with Crippen molar-refractivity contribution in [2.75, 3.05) is 0 Å². The Kier molecular flexibility index (Phi) is 5.58. The minimum atomic E-state index is -0.266. The molecule has 1 aromatic heterocycles. The van der Waals surface area contributed by atoms with Gasteiger partial charge in [0.1, 0.15) is 0 Å². The third-order valence-electron chi connectivity index (χ3n) is 4.31. The number of fused-ring (bicyclic) bond motifs is 1. The molecule has 0 fully saturated rings. The summed E-state index contributed by atoms with van der Waals surface area (Å²) < 4.78 is 1.18. The summed E-state index contributed by atoms with van der Waals surface area (Å²) in [7, 11) is 0. The number of carbonyl (C=O) groups is 2. The van der Waals surface area contributed by atoms with Crippen LogP contribution in [0.1, 0.15) is 39.9 Å². The molecule has 0 spiro atoms. The number of amides is 1. The third kappa shape index (κ3) is 4.24. The molecule has 0 radical (unpaired) electrons. The second-order valence-electron chi connectivity index (χ2n) is 6.20. The van der Waals surface area contributed by atoms with Crippen LogP contribution in [0.15, 0.2) is 52.9 Å². The van der Waals surface area contributed by atoms with Crippen molar-refractivity contribution in [2.24, 2.45) is 5.10 Å². The molecule has 5 heteroatoms. The van der Waals surface area contributed by atoms with Gasteiger partial charge in [-0.25, -0.2) is 5.43 Å². The maximum Gasteiger partial charge on any atom is 0.240 e. The van der Waals surface area contributed by atoms with Crippen molar-refractivity contribution < 1.29 is 9.59 Å². The van der Waals surface area contributed by atoms with Gasteiger partial charge in [-0.05, 0) is 37.1 Å². The normalized spacial score (nSPS) is 11.2. The highest BCUT2D eigenvalue weighted by Crippen LogP contribution is 2.24. The number of benzene rings is 2. The van der Waals surface area contributed by atoms with Crippen molar-refractivity contribution in [3.8, 4) is 0 Å². The Morgan fingerprint density at radius 1 is 1.08 bits per heavy atom. The molecular weight excluding hydrogens is 344 g/mol. The summed E-state index contributed by atoms with van der Waals surface area (Å²) in [5, 5.41) is 7.13. The largest absolute Gasteiger partial charge is 0.294 e. The van der Waals surface area contributed by atoms with Gasteiger partial charge >= 0.3 is 0 Å². The van der Waals surface area contributed by atoms with Crippen LogP contribution in [0, 0.1) is 13.8 Å². The highest BCUT2D eigenvalue weighted by molar-refractivity contribution is 7.17. The van der Waals surface area contributed by atoms with Crippen LogP contribution in [0.3, 0.4) is 0 Å². The molecule has 26 heavy (non-hydrogen) atoms. The van der Waals surface area contributed by atoms with Crippen LogP contribution in [0.4, 0.5) is 0 Å². The Balaban J connectivity index is 1.52. The lowest BCUT2D eigenvalue weighted by atomic mass is 10.0. The van der Waals surface area contributed by atoms with Gasteiger partial charge in [0.15, 0.2) is 5.78 Å². The first-order valence-corrected chi connectivity index (χ1v) is 9.31. The molecule has 1 amide bonds. The molecule has 0 aliphatic heterocycles. The third-order valence-corrected chi connectivity index (χ3v) is 5.29. The highest BCUT2D eigenvalue weighted by atomic mass is 32.1. The summed E-state index contributed by atoms with van der Waals surface area (Å²) in [5.41, 5.74) is 6.34. The summed E-state index contributed by atoms with van der Waals surface area (Å²) in [4.78, 5) is 24.1. The second-order valence-corrected chi connectivity index (χ2v) is 7.11. The zero-order chi connectivity index (χ0) is 18.5. The Hall–Kier alpha value is -2.79. The van der Waals surface area contributed by atoms with Gasteiger partial charge in [-0.3, -0.25) is 9.59 Å². The number of carbonyl (C=O) groups excluding carboxylic acids is 2. The monoisotopic (exact) mass is 364 g/mol. The van der Waals surface area contributed by atoms with E-state index >= 15 is 0 Å². The Morgan fingerprint density at radius 2 is 1.88 bits per heavy atom. The molecule has 1 N–H and O–H groups in total. The fraction of sp³-hybridized carbons (Fsp3) is 0.190. The van der Waals surface area contributed by atoms with E-state index in [-0.39, 0.29) is 24.5 Å². The van der Waals surface area contributed by atoms with E-state index in [1.165, 1.54) is 4.70 Å². The summed E-state index contributed by atoms with van der Waals surface area (Å²) in [6.45, 7) is 3.98. The number of aryl methyl sites for hydroxylation is 2. The van der Waals surface area contributed by atoms with Crippen molar-refractivity contribution in [2.45, 2.75) is 26.7 Å². The molecule has 0 atom stereocenters. The Bertz CT molecular complexity index is 989. The fourth-order valence-electron chi connectivity index (χ4n) is 2.61. The summed E-state index contributed by atoms with van der Waals surface area (Å²) in [5.74, 6) is -0.297. The second kappa shape index (κ2) is 8.06. The minimum absolute atomic E-state index is 0.0314. The fourth-order valence-corrected chi connectivity index (χ4v) is 3.53. The number of Topliss-reactive ketones (excluding diaryl/α,β-unsaturated/α-hetero) is 1. The van der Waals surface area contributed by atoms with Crippen molar-refractivity contribution in [3.05, 3.63) is 70.1 Å². The number of nitrogens with zero attached hydrogens (tertiary/aromatic N) is 1. The van der Waals surface area contributed by atoms with Gasteiger partial charge in [-0.15, -0.1) is 11.3 Å². The van der Waals surface area contributed by atoms with Crippen LogP contribution in [-0.2, 0) is 4.79 Å². The van der Waals surface area contributed by atoms with Gasteiger partial charge in [0.05, 0.1) is 6.21 Å². The quantitative estimate of drug-likeness (QED) is 0.394. The summed E-state index contributed by atoms with van der Waals surface area (Å²) in [6.07, 6.45) is 1.93. The van der Waals surface area contributed by atoms with E-state index in [2.05, 4.69) is 10.5 Å². The zero-order valence-electron chi connectivity index (χ0n) is 14.8. The molecule has 0 saturated carbocycles. The van der Waals surface area contributed by atoms with E-state index in [1.807, 2.05) is 61.7 Å². The van der Waals surface area contributed by atoms with Gasteiger partial charge in [0.2, 0.25) is 5.91 Å². The predicted octanol–water partition coefficient (Wildman–Crippen LogP) is 4.63.